The molecule has 1 saturated heterocycles. The topological polar surface area (TPSA) is 37.4 Å². The predicted octanol–water partition coefficient (Wildman–Crippen LogP) is 1.29. The summed E-state index contributed by atoms with van der Waals surface area (Å²) >= 11 is 0. The number of nitrogens with zero attached hydrogens (tertiary/aromatic N) is 2. The first kappa shape index (κ1) is 12.3. The van der Waals surface area contributed by atoms with E-state index in [1.54, 1.807) is 7.11 Å². The lowest BCUT2D eigenvalue weighted by molar-refractivity contribution is 0.204. The van der Waals surface area contributed by atoms with Gasteiger partial charge in [-0.2, -0.15) is 0 Å². The van der Waals surface area contributed by atoms with Crippen LogP contribution in [-0.2, 0) is 4.74 Å². The normalized spacial score (nSPS) is 19.5. The summed E-state index contributed by atoms with van der Waals surface area (Å²) in [4.78, 5) is 6.44. The average Bonchev–Trinajstić information content (AvgIpc) is 2.88. The van der Waals surface area contributed by atoms with Crippen molar-refractivity contribution in [3.63, 3.8) is 0 Å². The Morgan fingerprint density at radius 3 is 2.94 bits per heavy atom. The van der Waals surface area contributed by atoms with Gasteiger partial charge in [-0.3, -0.25) is 4.98 Å². The number of pyridine rings is 1. The second kappa shape index (κ2) is 6.57. The van der Waals surface area contributed by atoms with Gasteiger partial charge < -0.3 is 15.0 Å². The molecule has 0 amide bonds. The Hall–Kier alpha value is -1.13. The minimum atomic E-state index is 0.611. The highest BCUT2D eigenvalue weighted by atomic mass is 16.5. The molecule has 2 heterocycles. The van der Waals surface area contributed by atoms with Crippen molar-refractivity contribution in [2.24, 2.45) is 0 Å². The van der Waals surface area contributed by atoms with Gasteiger partial charge in [-0.05, 0) is 31.5 Å². The third-order valence-corrected chi connectivity index (χ3v) is 3.20. The second-order valence-electron chi connectivity index (χ2n) is 4.44. The number of nitrogens with one attached hydrogen (secondary N) is 1. The molecule has 1 aliphatic heterocycles. The fourth-order valence-electron chi connectivity index (χ4n) is 2.26. The number of hydrogen-bond acceptors (Lipinski definition) is 4. The first-order valence-electron chi connectivity index (χ1n) is 6.27. The molecule has 1 aliphatic rings. The van der Waals surface area contributed by atoms with Crippen LogP contribution >= 0.6 is 0 Å². The van der Waals surface area contributed by atoms with Crippen molar-refractivity contribution in [3.8, 4) is 0 Å². The van der Waals surface area contributed by atoms with Crippen molar-refractivity contribution < 1.29 is 4.74 Å². The summed E-state index contributed by atoms with van der Waals surface area (Å²) in [5.41, 5.74) is 1.23. The molecule has 94 valence electrons. The maximum atomic E-state index is 5.18. The van der Waals surface area contributed by atoms with E-state index < -0.39 is 0 Å². The largest absolute Gasteiger partial charge is 0.383 e. The smallest absolute Gasteiger partial charge is 0.0637 e. The molecule has 0 aromatic carbocycles. The molecule has 1 aromatic rings. The molecule has 1 atom stereocenters. The lowest BCUT2D eigenvalue weighted by Gasteiger charge is -2.27. The van der Waals surface area contributed by atoms with Gasteiger partial charge in [-0.15, -0.1) is 0 Å². The zero-order valence-electron chi connectivity index (χ0n) is 10.4. The minimum absolute atomic E-state index is 0.611. The van der Waals surface area contributed by atoms with Crippen LogP contribution in [0.25, 0.3) is 0 Å². The number of anilines is 1. The zero-order valence-corrected chi connectivity index (χ0v) is 10.4. The Bertz CT molecular complexity index is 312. The summed E-state index contributed by atoms with van der Waals surface area (Å²) in [6, 6.07) is 4.73. The molecule has 0 aliphatic carbocycles. The average molecular weight is 235 g/mol. The number of ether oxygens (including phenoxy) is 1. The first-order chi connectivity index (χ1) is 8.40. The molecule has 1 N–H and O–H groups in total. The van der Waals surface area contributed by atoms with E-state index in [1.807, 2.05) is 12.4 Å². The molecule has 4 nitrogen and oxygen atoms in total. The lowest BCUT2D eigenvalue weighted by atomic mass is 10.2. The molecule has 1 unspecified atom stereocenters. The van der Waals surface area contributed by atoms with Crippen LogP contribution in [0.5, 0.6) is 0 Å². The van der Waals surface area contributed by atoms with E-state index >= 15 is 0 Å². The van der Waals surface area contributed by atoms with Crippen LogP contribution in [0.2, 0.25) is 0 Å². The highest BCUT2D eigenvalue weighted by Gasteiger charge is 2.17. The van der Waals surface area contributed by atoms with Gasteiger partial charge >= 0.3 is 0 Å². The van der Waals surface area contributed by atoms with Gasteiger partial charge in [0.15, 0.2) is 0 Å². The molecule has 0 saturated carbocycles. The standard InChI is InChI=1S/C13H21N3O/c1-17-10-9-16(11-12-3-2-6-15-12)13-4-7-14-8-5-13/h4-5,7-8,12,15H,2-3,6,9-11H2,1H3. The third kappa shape index (κ3) is 3.68. The molecule has 4 heteroatoms. The van der Waals surface area contributed by atoms with E-state index in [0.29, 0.717) is 6.04 Å². The second-order valence-corrected chi connectivity index (χ2v) is 4.44. The van der Waals surface area contributed by atoms with Gasteiger partial charge in [0.2, 0.25) is 0 Å². The van der Waals surface area contributed by atoms with Crippen LogP contribution in [0.1, 0.15) is 12.8 Å². The van der Waals surface area contributed by atoms with Gasteiger partial charge in [0.05, 0.1) is 6.61 Å². The molecular weight excluding hydrogens is 214 g/mol. The van der Waals surface area contributed by atoms with Crippen molar-refractivity contribution >= 4 is 5.69 Å². The van der Waals surface area contributed by atoms with Gasteiger partial charge in [0, 0.05) is 44.3 Å². The van der Waals surface area contributed by atoms with E-state index in [0.717, 1.165) is 26.2 Å². The van der Waals surface area contributed by atoms with Crippen LogP contribution in [0, 0.1) is 0 Å². The van der Waals surface area contributed by atoms with E-state index in [-0.39, 0.29) is 0 Å². The number of rotatable bonds is 6. The molecule has 0 radical (unpaired) electrons. The van der Waals surface area contributed by atoms with Crippen molar-refractivity contribution in [3.05, 3.63) is 24.5 Å². The van der Waals surface area contributed by atoms with Crippen LogP contribution in [0.3, 0.4) is 0 Å². The van der Waals surface area contributed by atoms with Crippen molar-refractivity contribution in [1.82, 2.24) is 10.3 Å². The maximum absolute atomic E-state index is 5.18. The minimum Gasteiger partial charge on any atom is -0.383 e. The molecule has 2 rings (SSSR count). The molecule has 17 heavy (non-hydrogen) atoms. The van der Waals surface area contributed by atoms with Gasteiger partial charge in [0.25, 0.3) is 0 Å². The fourth-order valence-corrected chi connectivity index (χ4v) is 2.26. The Morgan fingerprint density at radius 1 is 1.47 bits per heavy atom. The fraction of sp³-hybridized carbons (Fsp3) is 0.615. The first-order valence-corrected chi connectivity index (χ1v) is 6.27. The highest BCUT2D eigenvalue weighted by Crippen LogP contribution is 2.15. The Balaban J connectivity index is 1.97. The quantitative estimate of drug-likeness (QED) is 0.806. The SMILES string of the molecule is COCCN(CC1CCCN1)c1ccncc1. The molecule has 1 fully saturated rings. The van der Waals surface area contributed by atoms with Gasteiger partial charge in [-0.25, -0.2) is 0 Å². The highest BCUT2D eigenvalue weighted by molar-refractivity contribution is 5.44. The van der Waals surface area contributed by atoms with E-state index in [4.69, 9.17) is 4.74 Å². The summed E-state index contributed by atoms with van der Waals surface area (Å²) in [5, 5.41) is 3.54. The zero-order chi connectivity index (χ0) is 11.9. The summed E-state index contributed by atoms with van der Waals surface area (Å²) in [5.74, 6) is 0. The number of methoxy groups -OCH3 is 1. The summed E-state index contributed by atoms with van der Waals surface area (Å²) in [7, 11) is 1.75. The van der Waals surface area contributed by atoms with Crippen LogP contribution < -0.4 is 10.2 Å². The van der Waals surface area contributed by atoms with Crippen LogP contribution in [0.4, 0.5) is 5.69 Å². The summed E-state index contributed by atoms with van der Waals surface area (Å²) < 4.78 is 5.18. The molecule has 0 spiro atoms. The predicted molar refractivity (Wildman–Crippen MR) is 69.4 cm³/mol. The maximum Gasteiger partial charge on any atom is 0.0637 e. The van der Waals surface area contributed by atoms with E-state index in [1.165, 1.54) is 18.5 Å². The molecule has 1 aromatic heterocycles. The summed E-state index contributed by atoms with van der Waals surface area (Å²) in [6.07, 6.45) is 6.25. The number of aromatic nitrogens is 1. The lowest BCUT2D eigenvalue weighted by Crippen LogP contribution is -2.39. The van der Waals surface area contributed by atoms with Crippen molar-refractivity contribution in [1.29, 1.82) is 0 Å². The Kier molecular flexibility index (Phi) is 4.76. The van der Waals surface area contributed by atoms with Crippen molar-refractivity contribution in [2.45, 2.75) is 18.9 Å². The molecule has 0 bridgehead atoms. The van der Waals surface area contributed by atoms with Gasteiger partial charge in [-0.1, -0.05) is 0 Å². The third-order valence-electron chi connectivity index (χ3n) is 3.20. The molecular formula is C13H21N3O. The monoisotopic (exact) mass is 235 g/mol. The van der Waals surface area contributed by atoms with Crippen LogP contribution in [-0.4, -0.2) is 44.4 Å². The van der Waals surface area contributed by atoms with Crippen molar-refractivity contribution in [2.75, 3.05) is 38.3 Å². The van der Waals surface area contributed by atoms with E-state index in [2.05, 4.69) is 27.3 Å². The van der Waals surface area contributed by atoms with Gasteiger partial charge in [0.1, 0.15) is 0 Å². The summed E-state index contributed by atoms with van der Waals surface area (Å²) in [6.45, 7) is 3.89. The van der Waals surface area contributed by atoms with Crippen LogP contribution in [0.15, 0.2) is 24.5 Å². The number of hydrogen-bond donors (Lipinski definition) is 1. The Labute approximate surface area is 103 Å². The van der Waals surface area contributed by atoms with E-state index in [9.17, 15) is 0 Å². The Morgan fingerprint density at radius 2 is 2.29 bits per heavy atom.